The van der Waals surface area contributed by atoms with E-state index in [-0.39, 0.29) is 5.91 Å². The Kier molecular flexibility index (Phi) is 4.50. The van der Waals surface area contributed by atoms with E-state index in [0.717, 1.165) is 48.2 Å². The van der Waals surface area contributed by atoms with Crippen molar-refractivity contribution < 1.29 is 4.79 Å². The highest BCUT2D eigenvalue weighted by atomic mass is 79.9. The number of piperazine rings is 1. The molecule has 0 radical (unpaired) electrons. The Morgan fingerprint density at radius 1 is 1.00 bits per heavy atom. The SMILES string of the molecule is O=C(C1=CC=C(Br)NC1)N1CCN(c2ccc(C3CC3)cc2C2CC2)CC1. The quantitative estimate of drug-likeness (QED) is 0.740. The van der Waals surface area contributed by atoms with Gasteiger partial charge in [0.05, 0.1) is 4.61 Å². The summed E-state index contributed by atoms with van der Waals surface area (Å²) in [5.41, 5.74) is 5.37. The molecule has 1 amide bonds. The molecular weight excluding hydrogens is 402 g/mol. The summed E-state index contributed by atoms with van der Waals surface area (Å²) >= 11 is 3.41. The van der Waals surface area contributed by atoms with E-state index in [1.165, 1.54) is 31.4 Å². The van der Waals surface area contributed by atoms with Crippen LogP contribution < -0.4 is 10.2 Å². The van der Waals surface area contributed by atoms with E-state index in [1.54, 1.807) is 11.1 Å². The number of nitrogens with one attached hydrogen (secondary N) is 1. The minimum atomic E-state index is 0.171. The molecule has 142 valence electrons. The molecule has 2 heterocycles. The monoisotopic (exact) mass is 427 g/mol. The average molecular weight is 428 g/mol. The highest BCUT2D eigenvalue weighted by molar-refractivity contribution is 9.11. The van der Waals surface area contributed by atoms with Crippen LogP contribution in [0.4, 0.5) is 5.69 Å². The van der Waals surface area contributed by atoms with Crippen molar-refractivity contribution in [3.05, 3.63) is 51.7 Å². The normalized spacial score (nSPS) is 22.9. The molecule has 27 heavy (non-hydrogen) atoms. The smallest absolute Gasteiger partial charge is 0.251 e. The van der Waals surface area contributed by atoms with E-state index in [4.69, 9.17) is 0 Å². The first kappa shape index (κ1) is 17.4. The van der Waals surface area contributed by atoms with Crippen molar-refractivity contribution in [2.75, 3.05) is 37.6 Å². The maximum Gasteiger partial charge on any atom is 0.251 e. The third-order valence-electron chi connectivity index (χ3n) is 6.18. The molecule has 4 nitrogen and oxygen atoms in total. The number of hydrogen-bond donors (Lipinski definition) is 1. The van der Waals surface area contributed by atoms with Gasteiger partial charge in [0, 0.05) is 44.0 Å². The lowest BCUT2D eigenvalue weighted by atomic mass is 10.0. The molecular formula is C22H26BrN3O. The predicted octanol–water partition coefficient (Wildman–Crippen LogP) is 3.86. The van der Waals surface area contributed by atoms with Crippen molar-refractivity contribution >= 4 is 27.5 Å². The van der Waals surface area contributed by atoms with Crippen molar-refractivity contribution in [2.24, 2.45) is 0 Å². The molecule has 0 atom stereocenters. The third-order valence-corrected chi connectivity index (χ3v) is 6.72. The van der Waals surface area contributed by atoms with Crippen LogP contribution in [0.5, 0.6) is 0 Å². The van der Waals surface area contributed by atoms with Crippen LogP contribution in [0.15, 0.2) is 40.5 Å². The van der Waals surface area contributed by atoms with Gasteiger partial charge in [0.1, 0.15) is 0 Å². The van der Waals surface area contributed by atoms with Crippen LogP contribution in [0.1, 0.15) is 48.6 Å². The summed E-state index contributed by atoms with van der Waals surface area (Å²) in [6, 6.07) is 7.19. The number of benzene rings is 1. The van der Waals surface area contributed by atoms with Gasteiger partial charge < -0.3 is 15.1 Å². The summed E-state index contributed by atoms with van der Waals surface area (Å²) in [5.74, 6) is 1.75. The van der Waals surface area contributed by atoms with Crippen LogP contribution in [0, 0.1) is 0 Å². The highest BCUT2D eigenvalue weighted by Crippen LogP contribution is 2.48. The summed E-state index contributed by atoms with van der Waals surface area (Å²) < 4.78 is 0.936. The lowest BCUT2D eigenvalue weighted by Crippen LogP contribution is -2.50. The molecule has 4 aliphatic rings. The van der Waals surface area contributed by atoms with E-state index in [9.17, 15) is 4.79 Å². The lowest BCUT2D eigenvalue weighted by Gasteiger charge is -2.37. The number of dihydropyridines is 1. The fraction of sp³-hybridized carbons (Fsp3) is 0.500. The highest BCUT2D eigenvalue weighted by Gasteiger charge is 2.32. The zero-order valence-electron chi connectivity index (χ0n) is 15.6. The van der Waals surface area contributed by atoms with Crippen LogP contribution in [-0.2, 0) is 4.79 Å². The molecule has 0 spiro atoms. The number of hydrogen-bond acceptors (Lipinski definition) is 3. The Morgan fingerprint density at radius 2 is 1.74 bits per heavy atom. The zero-order chi connectivity index (χ0) is 18.4. The number of allylic oxidation sites excluding steroid dienone is 2. The van der Waals surface area contributed by atoms with Gasteiger partial charge >= 0.3 is 0 Å². The van der Waals surface area contributed by atoms with Gasteiger partial charge in [-0.15, -0.1) is 0 Å². The van der Waals surface area contributed by atoms with Crippen molar-refractivity contribution in [3.8, 4) is 0 Å². The van der Waals surface area contributed by atoms with Crippen LogP contribution in [-0.4, -0.2) is 43.5 Å². The van der Waals surface area contributed by atoms with E-state index in [0.29, 0.717) is 6.54 Å². The van der Waals surface area contributed by atoms with Gasteiger partial charge in [-0.25, -0.2) is 0 Å². The van der Waals surface area contributed by atoms with Crippen molar-refractivity contribution in [1.29, 1.82) is 0 Å². The number of nitrogens with zero attached hydrogens (tertiary/aromatic N) is 2. The Bertz CT molecular complexity index is 815. The van der Waals surface area contributed by atoms with Crippen LogP contribution in [0.25, 0.3) is 0 Å². The first-order chi connectivity index (χ1) is 13.2. The van der Waals surface area contributed by atoms with Gasteiger partial charge in [0.2, 0.25) is 0 Å². The summed E-state index contributed by atoms with van der Waals surface area (Å²) in [6.45, 7) is 4.05. The number of rotatable bonds is 4. The second-order valence-corrected chi connectivity index (χ2v) is 9.06. The Labute approximate surface area is 169 Å². The molecule has 1 aromatic rings. The molecule has 3 fully saturated rings. The largest absolute Gasteiger partial charge is 0.375 e. The second-order valence-electron chi connectivity index (χ2n) is 8.21. The number of amides is 1. The molecule has 2 saturated carbocycles. The second kappa shape index (κ2) is 7.01. The van der Waals surface area contributed by atoms with E-state index < -0.39 is 0 Å². The van der Waals surface area contributed by atoms with Gasteiger partial charge in [0.25, 0.3) is 5.91 Å². The number of carbonyl (C=O) groups is 1. The topological polar surface area (TPSA) is 35.6 Å². The van der Waals surface area contributed by atoms with Gasteiger partial charge in [-0.2, -0.15) is 0 Å². The Balaban J connectivity index is 1.27. The van der Waals surface area contributed by atoms with E-state index >= 15 is 0 Å². The standard InChI is InChI=1S/C22H26BrN3O/c23-21-8-6-18(14-24-21)22(27)26-11-9-25(10-12-26)20-7-5-17(15-1-2-15)13-19(20)16-3-4-16/h5-8,13,15-16,24H,1-4,9-12,14H2. The number of carbonyl (C=O) groups excluding carboxylic acids is 1. The van der Waals surface area contributed by atoms with Crippen LogP contribution >= 0.6 is 15.9 Å². The molecule has 1 aromatic carbocycles. The first-order valence-corrected chi connectivity index (χ1v) is 11.0. The molecule has 1 saturated heterocycles. The minimum absolute atomic E-state index is 0.171. The fourth-order valence-corrected chi connectivity index (χ4v) is 4.50. The maximum atomic E-state index is 12.8. The zero-order valence-corrected chi connectivity index (χ0v) is 17.2. The van der Waals surface area contributed by atoms with Gasteiger partial charge in [-0.3, -0.25) is 4.79 Å². The van der Waals surface area contributed by atoms with Crippen molar-refractivity contribution in [1.82, 2.24) is 10.2 Å². The molecule has 0 unspecified atom stereocenters. The number of anilines is 1. The average Bonchev–Trinajstić information content (AvgIpc) is 3.60. The van der Waals surface area contributed by atoms with E-state index in [2.05, 4.69) is 44.3 Å². The minimum Gasteiger partial charge on any atom is -0.375 e. The van der Waals surface area contributed by atoms with Crippen molar-refractivity contribution in [2.45, 2.75) is 37.5 Å². The summed E-state index contributed by atoms with van der Waals surface area (Å²) in [6.07, 6.45) is 9.24. The molecule has 2 aliphatic carbocycles. The number of halogens is 1. The molecule has 5 heteroatoms. The van der Waals surface area contributed by atoms with Gasteiger partial charge in [0.15, 0.2) is 0 Å². The maximum absolute atomic E-state index is 12.8. The van der Waals surface area contributed by atoms with E-state index in [1.807, 2.05) is 17.1 Å². The predicted molar refractivity (Wildman–Crippen MR) is 112 cm³/mol. The summed E-state index contributed by atoms with van der Waals surface area (Å²) in [7, 11) is 0. The van der Waals surface area contributed by atoms with Crippen LogP contribution in [0.3, 0.4) is 0 Å². The van der Waals surface area contributed by atoms with Gasteiger partial charge in [-0.05, 0) is 82.8 Å². The van der Waals surface area contributed by atoms with Gasteiger partial charge in [-0.1, -0.05) is 12.1 Å². The summed E-state index contributed by atoms with van der Waals surface area (Å²) in [4.78, 5) is 17.3. The Hall–Kier alpha value is -1.75. The third kappa shape index (κ3) is 3.66. The summed E-state index contributed by atoms with van der Waals surface area (Å²) in [5, 5.41) is 3.18. The first-order valence-electron chi connectivity index (χ1n) is 10.2. The Morgan fingerprint density at radius 3 is 2.37 bits per heavy atom. The molecule has 0 bridgehead atoms. The molecule has 2 aliphatic heterocycles. The molecule has 5 rings (SSSR count). The lowest BCUT2D eigenvalue weighted by molar-refractivity contribution is -0.127. The van der Waals surface area contributed by atoms with Crippen LogP contribution in [0.2, 0.25) is 0 Å². The fourth-order valence-electron chi connectivity index (χ4n) is 4.22. The molecule has 0 aromatic heterocycles. The van der Waals surface area contributed by atoms with Crippen molar-refractivity contribution in [3.63, 3.8) is 0 Å². The molecule has 1 N–H and O–H groups in total.